The summed E-state index contributed by atoms with van der Waals surface area (Å²) in [6.07, 6.45) is 0.646. The van der Waals surface area contributed by atoms with Crippen LogP contribution in [0.15, 0.2) is 24.3 Å². The van der Waals surface area contributed by atoms with Gasteiger partial charge in [0, 0.05) is 25.6 Å². The SMILES string of the molecule is CC1NC(=O)NC(=O)C1S(=O)(=O)N1CCC(C(=O)NCc2ccc(F)cc2)CC1. The maximum absolute atomic E-state index is 12.9. The number of rotatable bonds is 5. The fourth-order valence-electron chi connectivity index (χ4n) is 3.59. The first kappa shape index (κ1) is 21.2. The second-order valence-corrected chi connectivity index (χ2v) is 9.29. The van der Waals surface area contributed by atoms with E-state index in [1.165, 1.54) is 23.4 Å². The highest BCUT2D eigenvalue weighted by molar-refractivity contribution is 7.90. The van der Waals surface area contributed by atoms with Crippen molar-refractivity contribution >= 4 is 27.9 Å². The summed E-state index contributed by atoms with van der Waals surface area (Å²) in [6, 6.07) is 4.23. The van der Waals surface area contributed by atoms with Crippen molar-refractivity contribution in [2.75, 3.05) is 13.1 Å². The Bertz CT molecular complexity index is 897. The molecule has 3 rings (SSSR count). The van der Waals surface area contributed by atoms with Crippen molar-refractivity contribution in [3.63, 3.8) is 0 Å². The number of imide groups is 1. The zero-order chi connectivity index (χ0) is 21.2. The van der Waals surface area contributed by atoms with Gasteiger partial charge in [-0.1, -0.05) is 12.1 Å². The topological polar surface area (TPSA) is 125 Å². The van der Waals surface area contributed by atoms with Gasteiger partial charge in [-0.2, -0.15) is 0 Å². The lowest BCUT2D eigenvalue weighted by atomic mass is 9.97. The predicted octanol–water partition coefficient (Wildman–Crippen LogP) is 0.0802. The summed E-state index contributed by atoms with van der Waals surface area (Å²) in [5.41, 5.74) is 0.763. The van der Waals surface area contributed by atoms with E-state index in [-0.39, 0.29) is 37.3 Å². The van der Waals surface area contributed by atoms with Gasteiger partial charge in [-0.15, -0.1) is 0 Å². The summed E-state index contributed by atoms with van der Waals surface area (Å²) in [6.45, 7) is 1.95. The van der Waals surface area contributed by atoms with Gasteiger partial charge in [-0.3, -0.25) is 14.9 Å². The molecule has 1 aromatic rings. The van der Waals surface area contributed by atoms with Crippen LogP contribution in [0.1, 0.15) is 25.3 Å². The molecule has 4 amide bonds. The minimum atomic E-state index is -3.98. The van der Waals surface area contributed by atoms with Crippen LogP contribution in [0.3, 0.4) is 0 Å². The van der Waals surface area contributed by atoms with Crippen LogP contribution in [0.2, 0.25) is 0 Å². The van der Waals surface area contributed by atoms with Crippen LogP contribution < -0.4 is 16.0 Å². The van der Waals surface area contributed by atoms with Crippen molar-refractivity contribution in [1.82, 2.24) is 20.3 Å². The molecule has 2 saturated heterocycles. The van der Waals surface area contributed by atoms with Crippen LogP contribution in [0.4, 0.5) is 9.18 Å². The number of sulfonamides is 1. The second kappa shape index (κ2) is 8.46. The highest BCUT2D eigenvalue weighted by Gasteiger charge is 2.46. The molecule has 9 nitrogen and oxygen atoms in total. The molecule has 2 aliphatic heterocycles. The number of benzene rings is 1. The third kappa shape index (κ3) is 4.73. The largest absolute Gasteiger partial charge is 0.352 e. The number of nitrogens with one attached hydrogen (secondary N) is 3. The fraction of sp³-hybridized carbons (Fsp3) is 0.500. The number of urea groups is 1. The average Bonchev–Trinajstić information content (AvgIpc) is 2.66. The van der Waals surface area contributed by atoms with Crippen molar-refractivity contribution in [2.24, 2.45) is 5.92 Å². The molecule has 1 aromatic carbocycles. The van der Waals surface area contributed by atoms with Gasteiger partial charge >= 0.3 is 6.03 Å². The van der Waals surface area contributed by atoms with Gasteiger partial charge in [0.15, 0.2) is 5.25 Å². The molecule has 2 heterocycles. The van der Waals surface area contributed by atoms with E-state index in [4.69, 9.17) is 0 Å². The number of piperidine rings is 1. The van der Waals surface area contributed by atoms with Crippen LogP contribution in [0.25, 0.3) is 0 Å². The Morgan fingerprint density at radius 2 is 1.83 bits per heavy atom. The van der Waals surface area contributed by atoms with E-state index in [0.717, 1.165) is 5.56 Å². The van der Waals surface area contributed by atoms with Gasteiger partial charge in [0.2, 0.25) is 21.8 Å². The third-order valence-corrected chi connectivity index (χ3v) is 7.54. The molecular weight excluding hydrogens is 403 g/mol. The maximum Gasteiger partial charge on any atom is 0.321 e. The minimum Gasteiger partial charge on any atom is -0.352 e. The maximum atomic E-state index is 12.9. The van der Waals surface area contributed by atoms with E-state index >= 15 is 0 Å². The number of hydrogen-bond acceptors (Lipinski definition) is 5. The smallest absolute Gasteiger partial charge is 0.321 e. The van der Waals surface area contributed by atoms with Gasteiger partial charge in [0.25, 0.3) is 0 Å². The summed E-state index contributed by atoms with van der Waals surface area (Å²) in [4.78, 5) is 35.7. The molecule has 0 aliphatic carbocycles. The summed E-state index contributed by atoms with van der Waals surface area (Å²) in [5.74, 6) is -1.74. The van der Waals surface area contributed by atoms with Crippen LogP contribution in [0, 0.1) is 11.7 Å². The highest BCUT2D eigenvalue weighted by Crippen LogP contribution is 2.24. The first-order valence-corrected chi connectivity index (χ1v) is 10.8. The van der Waals surface area contributed by atoms with E-state index in [1.807, 2.05) is 5.32 Å². The molecule has 0 spiro atoms. The molecule has 2 unspecified atom stereocenters. The molecule has 2 atom stereocenters. The normalized spacial score (nSPS) is 23.9. The Hall–Kier alpha value is -2.53. The Kier molecular flexibility index (Phi) is 6.18. The summed E-state index contributed by atoms with van der Waals surface area (Å²) in [7, 11) is -3.98. The molecule has 0 saturated carbocycles. The molecule has 2 fully saturated rings. The van der Waals surface area contributed by atoms with Crippen molar-refractivity contribution < 1.29 is 27.2 Å². The number of carbonyl (C=O) groups is 3. The number of amides is 4. The van der Waals surface area contributed by atoms with Crippen LogP contribution >= 0.6 is 0 Å². The Morgan fingerprint density at radius 1 is 1.21 bits per heavy atom. The monoisotopic (exact) mass is 426 g/mol. The van der Waals surface area contributed by atoms with Crippen LogP contribution in [-0.4, -0.2) is 54.9 Å². The first-order chi connectivity index (χ1) is 13.7. The molecule has 158 valence electrons. The number of hydrogen-bond donors (Lipinski definition) is 3. The molecule has 0 aromatic heterocycles. The Balaban J connectivity index is 1.55. The van der Waals surface area contributed by atoms with E-state index < -0.39 is 33.3 Å². The summed E-state index contributed by atoms with van der Waals surface area (Å²) >= 11 is 0. The van der Waals surface area contributed by atoms with Gasteiger partial charge in [-0.25, -0.2) is 21.9 Å². The van der Waals surface area contributed by atoms with Crippen LogP contribution in [-0.2, 0) is 26.2 Å². The number of carbonyl (C=O) groups excluding carboxylic acids is 3. The van der Waals surface area contributed by atoms with Crippen LogP contribution in [0.5, 0.6) is 0 Å². The molecule has 3 N–H and O–H groups in total. The third-order valence-electron chi connectivity index (χ3n) is 5.19. The van der Waals surface area contributed by atoms with Gasteiger partial charge in [-0.05, 0) is 37.5 Å². The molecule has 0 radical (unpaired) electrons. The number of nitrogens with zero attached hydrogens (tertiary/aromatic N) is 1. The first-order valence-electron chi connectivity index (χ1n) is 9.31. The lowest BCUT2D eigenvalue weighted by molar-refractivity contribution is -0.126. The van der Waals surface area contributed by atoms with E-state index in [0.29, 0.717) is 12.8 Å². The molecule has 2 aliphatic rings. The van der Waals surface area contributed by atoms with Gasteiger partial charge < -0.3 is 10.6 Å². The molecule has 29 heavy (non-hydrogen) atoms. The highest BCUT2D eigenvalue weighted by atomic mass is 32.2. The molecular formula is C18H23FN4O5S. The van der Waals surface area contributed by atoms with Crippen molar-refractivity contribution in [2.45, 2.75) is 37.6 Å². The summed E-state index contributed by atoms with van der Waals surface area (Å²) < 4.78 is 39.9. The van der Waals surface area contributed by atoms with Gasteiger partial charge in [0.05, 0.1) is 6.04 Å². The fourth-order valence-corrected chi connectivity index (χ4v) is 5.55. The number of halogens is 1. The molecule has 0 bridgehead atoms. The van der Waals surface area contributed by atoms with E-state index in [1.54, 1.807) is 12.1 Å². The van der Waals surface area contributed by atoms with Crippen molar-refractivity contribution in [3.8, 4) is 0 Å². The zero-order valence-corrected chi connectivity index (χ0v) is 16.7. The zero-order valence-electron chi connectivity index (χ0n) is 15.9. The summed E-state index contributed by atoms with van der Waals surface area (Å²) in [5, 5.41) is 5.77. The second-order valence-electron chi connectivity index (χ2n) is 7.23. The van der Waals surface area contributed by atoms with E-state index in [2.05, 4.69) is 10.6 Å². The minimum absolute atomic E-state index is 0.113. The Labute approximate surface area is 168 Å². The lowest BCUT2D eigenvalue weighted by Crippen LogP contribution is -2.64. The quantitative estimate of drug-likeness (QED) is 0.615. The standard InChI is InChI=1S/C18H23FN4O5S/c1-11-15(17(25)22-18(26)21-11)29(27,28)23-8-6-13(7-9-23)16(24)20-10-12-2-4-14(19)5-3-12/h2-5,11,13,15H,6-10H2,1H3,(H,20,24)(H2,21,22,25,26). The lowest BCUT2D eigenvalue weighted by Gasteiger charge is -2.36. The van der Waals surface area contributed by atoms with Gasteiger partial charge in [0.1, 0.15) is 5.82 Å². The molecule has 11 heteroatoms. The average molecular weight is 426 g/mol. The van der Waals surface area contributed by atoms with E-state index in [9.17, 15) is 27.2 Å². The van der Waals surface area contributed by atoms with Crippen molar-refractivity contribution in [1.29, 1.82) is 0 Å². The van der Waals surface area contributed by atoms with Crippen molar-refractivity contribution in [3.05, 3.63) is 35.6 Å². The Morgan fingerprint density at radius 3 is 2.41 bits per heavy atom. The predicted molar refractivity (Wildman–Crippen MR) is 101 cm³/mol.